The highest BCUT2D eigenvalue weighted by molar-refractivity contribution is 6.07. The number of halogens is 3. The Balaban J connectivity index is 1.35. The van der Waals surface area contributed by atoms with E-state index >= 15 is 0 Å². The van der Waals surface area contributed by atoms with Crippen molar-refractivity contribution >= 4 is 16.8 Å². The summed E-state index contributed by atoms with van der Waals surface area (Å²) in [5, 5.41) is 5.10. The van der Waals surface area contributed by atoms with E-state index in [0.29, 0.717) is 49.5 Å². The zero-order valence-electron chi connectivity index (χ0n) is 20.1. The summed E-state index contributed by atoms with van der Waals surface area (Å²) in [6.07, 6.45) is -2.60. The third kappa shape index (κ3) is 4.70. The number of amides is 1. The van der Waals surface area contributed by atoms with Gasteiger partial charge in [0.2, 0.25) is 0 Å². The lowest BCUT2D eigenvalue weighted by Gasteiger charge is -2.35. The molecule has 1 aliphatic heterocycles. The zero-order chi connectivity index (χ0) is 25.4. The molecule has 1 saturated heterocycles. The predicted octanol–water partition coefficient (Wildman–Crippen LogP) is 4.92. The monoisotopic (exact) mass is 493 g/mol. The third-order valence-corrected chi connectivity index (χ3v) is 6.78. The number of nitrogens with zero attached hydrogens (tertiary/aromatic N) is 5. The Bertz CT molecular complexity index is 1420. The van der Waals surface area contributed by atoms with Crippen LogP contribution in [0.15, 0.2) is 60.8 Å². The van der Waals surface area contributed by atoms with Gasteiger partial charge in [-0.15, -0.1) is 0 Å². The molecule has 6 nitrogen and oxygen atoms in total. The van der Waals surface area contributed by atoms with Gasteiger partial charge in [-0.3, -0.25) is 14.4 Å². The summed E-state index contributed by atoms with van der Waals surface area (Å²) >= 11 is 0. The SMILES string of the molecule is Cc1c(-c2cc(C(=O)N3CCN(Cc4cccc(C(F)(F)F)c4)CC3)c3ccccc3n2)cnn1C. The topological polar surface area (TPSA) is 54.3 Å². The number of hydrogen-bond donors (Lipinski definition) is 0. The molecule has 3 heterocycles. The van der Waals surface area contributed by atoms with Crippen LogP contribution in [0.1, 0.15) is 27.2 Å². The van der Waals surface area contributed by atoms with Crippen LogP contribution < -0.4 is 0 Å². The Labute approximate surface area is 207 Å². The number of aromatic nitrogens is 3. The van der Waals surface area contributed by atoms with Gasteiger partial charge in [0.25, 0.3) is 5.91 Å². The molecule has 0 aliphatic carbocycles. The molecule has 0 radical (unpaired) electrons. The molecule has 0 atom stereocenters. The predicted molar refractivity (Wildman–Crippen MR) is 131 cm³/mol. The third-order valence-electron chi connectivity index (χ3n) is 6.78. The fraction of sp³-hybridized carbons (Fsp3) is 0.296. The molecule has 36 heavy (non-hydrogen) atoms. The van der Waals surface area contributed by atoms with E-state index in [-0.39, 0.29) is 5.91 Å². The molecule has 0 spiro atoms. The Morgan fingerprint density at radius 2 is 1.75 bits per heavy atom. The van der Waals surface area contributed by atoms with Crippen molar-refractivity contribution in [1.82, 2.24) is 24.6 Å². The molecular formula is C27H26F3N5O. The molecular weight excluding hydrogens is 467 g/mol. The number of hydrogen-bond acceptors (Lipinski definition) is 4. The molecule has 5 rings (SSSR count). The van der Waals surface area contributed by atoms with E-state index in [4.69, 9.17) is 4.98 Å². The lowest BCUT2D eigenvalue weighted by molar-refractivity contribution is -0.137. The smallest absolute Gasteiger partial charge is 0.336 e. The lowest BCUT2D eigenvalue weighted by atomic mass is 10.0. The minimum absolute atomic E-state index is 0.0740. The van der Waals surface area contributed by atoms with E-state index < -0.39 is 11.7 Å². The molecule has 2 aromatic heterocycles. The average molecular weight is 494 g/mol. The van der Waals surface area contributed by atoms with E-state index in [1.165, 1.54) is 12.1 Å². The molecule has 0 bridgehead atoms. The van der Waals surface area contributed by atoms with Crippen LogP contribution in [0.5, 0.6) is 0 Å². The van der Waals surface area contributed by atoms with E-state index in [2.05, 4.69) is 10.00 Å². The number of pyridine rings is 1. The van der Waals surface area contributed by atoms with E-state index in [1.54, 1.807) is 16.9 Å². The second-order valence-electron chi connectivity index (χ2n) is 9.11. The van der Waals surface area contributed by atoms with Crippen molar-refractivity contribution in [3.8, 4) is 11.3 Å². The second-order valence-corrected chi connectivity index (χ2v) is 9.11. The number of para-hydroxylation sites is 1. The van der Waals surface area contributed by atoms with E-state index in [0.717, 1.165) is 28.2 Å². The van der Waals surface area contributed by atoms with Crippen molar-refractivity contribution in [3.05, 3.63) is 83.2 Å². The first-order valence-electron chi connectivity index (χ1n) is 11.8. The Morgan fingerprint density at radius 3 is 2.44 bits per heavy atom. The van der Waals surface area contributed by atoms with Crippen LogP contribution in [0, 0.1) is 6.92 Å². The minimum atomic E-state index is -4.36. The highest BCUT2D eigenvalue weighted by atomic mass is 19.4. The van der Waals surface area contributed by atoms with Crippen molar-refractivity contribution in [2.24, 2.45) is 7.05 Å². The molecule has 1 aliphatic rings. The van der Waals surface area contributed by atoms with Crippen molar-refractivity contribution in [2.45, 2.75) is 19.6 Å². The number of alkyl halides is 3. The summed E-state index contributed by atoms with van der Waals surface area (Å²) in [5.41, 5.74) is 3.84. The van der Waals surface area contributed by atoms with Gasteiger partial charge in [0.15, 0.2) is 0 Å². The van der Waals surface area contributed by atoms with Gasteiger partial charge in [0, 0.05) is 56.4 Å². The number of piperazine rings is 1. The van der Waals surface area contributed by atoms with Gasteiger partial charge >= 0.3 is 6.18 Å². The van der Waals surface area contributed by atoms with Crippen molar-refractivity contribution in [2.75, 3.05) is 26.2 Å². The summed E-state index contributed by atoms with van der Waals surface area (Å²) < 4.78 is 40.9. The average Bonchev–Trinajstić information content (AvgIpc) is 3.21. The molecule has 1 fully saturated rings. The maximum atomic E-state index is 13.6. The van der Waals surface area contributed by atoms with E-state index in [1.807, 2.05) is 49.2 Å². The Hall–Kier alpha value is -3.72. The molecule has 0 unspecified atom stereocenters. The first-order valence-corrected chi connectivity index (χ1v) is 11.8. The van der Waals surface area contributed by atoms with Crippen LogP contribution in [0.25, 0.3) is 22.2 Å². The molecule has 9 heteroatoms. The molecule has 0 saturated carbocycles. The number of benzene rings is 2. The van der Waals surface area contributed by atoms with Crippen LogP contribution in [-0.4, -0.2) is 56.7 Å². The lowest BCUT2D eigenvalue weighted by Crippen LogP contribution is -2.48. The van der Waals surface area contributed by atoms with Gasteiger partial charge in [0.1, 0.15) is 0 Å². The van der Waals surface area contributed by atoms with Crippen LogP contribution in [0.2, 0.25) is 0 Å². The summed E-state index contributed by atoms with van der Waals surface area (Å²) in [4.78, 5) is 22.3. The molecule has 1 amide bonds. The summed E-state index contributed by atoms with van der Waals surface area (Å²) in [7, 11) is 1.87. The number of aryl methyl sites for hydroxylation is 1. The molecule has 2 aromatic carbocycles. The Kier molecular flexibility index (Phi) is 6.26. The summed E-state index contributed by atoms with van der Waals surface area (Å²) in [6.45, 7) is 4.53. The highest BCUT2D eigenvalue weighted by Gasteiger charge is 2.31. The number of carbonyl (C=O) groups is 1. The van der Waals surface area contributed by atoms with Crippen molar-refractivity contribution < 1.29 is 18.0 Å². The first kappa shape index (κ1) is 24.0. The van der Waals surface area contributed by atoms with Crippen LogP contribution in [0.4, 0.5) is 13.2 Å². The Morgan fingerprint density at radius 1 is 1.00 bits per heavy atom. The highest BCUT2D eigenvalue weighted by Crippen LogP contribution is 2.30. The van der Waals surface area contributed by atoms with Crippen LogP contribution >= 0.6 is 0 Å². The van der Waals surface area contributed by atoms with Gasteiger partial charge in [-0.05, 0) is 30.7 Å². The molecule has 4 aromatic rings. The van der Waals surface area contributed by atoms with Crippen molar-refractivity contribution in [1.29, 1.82) is 0 Å². The summed E-state index contributed by atoms with van der Waals surface area (Å²) in [5.74, 6) is -0.0740. The molecule has 0 N–H and O–H groups in total. The number of fused-ring (bicyclic) bond motifs is 1. The molecule has 186 valence electrons. The van der Waals surface area contributed by atoms with Crippen LogP contribution in [-0.2, 0) is 19.8 Å². The maximum absolute atomic E-state index is 13.6. The number of rotatable bonds is 4. The van der Waals surface area contributed by atoms with Crippen LogP contribution in [0.3, 0.4) is 0 Å². The standard InChI is InChI=1S/C27H26F3N5O/c1-18-23(16-31-33(18)2)25-15-22(21-8-3-4-9-24(21)32-25)26(36)35-12-10-34(11-13-35)17-19-6-5-7-20(14-19)27(28,29)30/h3-9,14-16H,10-13,17H2,1-2H3. The largest absolute Gasteiger partial charge is 0.416 e. The van der Waals surface area contributed by atoms with Gasteiger partial charge in [-0.2, -0.15) is 18.3 Å². The maximum Gasteiger partial charge on any atom is 0.416 e. The quantitative estimate of drug-likeness (QED) is 0.405. The minimum Gasteiger partial charge on any atom is -0.336 e. The van der Waals surface area contributed by atoms with Gasteiger partial charge in [-0.25, -0.2) is 4.98 Å². The second kappa shape index (κ2) is 9.39. The zero-order valence-corrected chi connectivity index (χ0v) is 20.1. The fourth-order valence-corrected chi connectivity index (χ4v) is 4.62. The van der Waals surface area contributed by atoms with Crippen molar-refractivity contribution in [3.63, 3.8) is 0 Å². The summed E-state index contributed by atoms with van der Waals surface area (Å²) in [6, 6.07) is 14.9. The number of carbonyl (C=O) groups excluding carboxylic acids is 1. The van der Waals surface area contributed by atoms with Gasteiger partial charge in [0.05, 0.1) is 28.5 Å². The van der Waals surface area contributed by atoms with Gasteiger partial charge in [-0.1, -0.05) is 36.4 Å². The first-order chi connectivity index (χ1) is 17.2. The normalized spacial score (nSPS) is 15.0. The van der Waals surface area contributed by atoms with E-state index in [9.17, 15) is 18.0 Å². The van der Waals surface area contributed by atoms with Gasteiger partial charge < -0.3 is 4.90 Å². The fourth-order valence-electron chi connectivity index (χ4n) is 4.62.